The van der Waals surface area contributed by atoms with E-state index in [1.165, 1.54) is 19.0 Å². The maximum absolute atomic E-state index is 11.6. The molecule has 0 aromatic carbocycles. The van der Waals surface area contributed by atoms with E-state index in [9.17, 15) is 4.79 Å². The summed E-state index contributed by atoms with van der Waals surface area (Å²) >= 11 is 1.05. The molecule has 1 aliphatic carbocycles. The number of carbonyl (C=O) groups is 1. The molecule has 0 bridgehead atoms. The Morgan fingerprint density at radius 2 is 2.47 bits per heavy atom. The minimum atomic E-state index is -0.176. The van der Waals surface area contributed by atoms with Crippen molar-refractivity contribution >= 4 is 23.5 Å². The number of rotatable bonds is 4. The summed E-state index contributed by atoms with van der Waals surface area (Å²) < 4.78 is 9.24. The first-order valence-corrected chi connectivity index (χ1v) is 6.02. The first-order chi connectivity index (χ1) is 8.31. The Hall–Kier alpha value is -1.83. The van der Waals surface area contributed by atoms with Crippen molar-refractivity contribution in [3.05, 3.63) is 18.1 Å². The quantitative estimate of drug-likeness (QED) is 0.860. The van der Waals surface area contributed by atoms with Crippen LogP contribution in [0.25, 0.3) is 0 Å². The van der Waals surface area contributed by atoms with Gasteiger partial charge in [-0.05, 0) is 12.8 Å². The first kappa shape index (κ1) is 10.3. The van der Waals surface area contributed by atoms with E-state index < -0.39 is 0 Å². The van der Waals surface area contributed by atoms with Gasteiger partial charge in [-0.3, -0.25) is 4.79 Å². The fraction of sp³-hybridized carbons (Fsp3) is 0.444. The highest BCUT2D eigenvalue weighted by Crippen LogP contribution is 2.38. The molecule has 3 rings (SSSR count). The average molecular weight is 250 g/mol. The van der Waals surface area contributed by atoms with Crippen LogP contribution in [0.15, 0.2) is 12.4 Å². The van der Waals surface area contributed by atoms with E-state index in [0.29, 0.717) is 11.7 Å². The molecule has 0 unspecified atom stereocenters. The topological polar surface area (TPSA) is 85.6 Å². The molecule has 0 saturated heterocycles. The van der Waals surface area contributed by atoms with E-state index in [0.717, 1.165) is 17.4 Å². The molecule has 88 valence electrons. The number of anilines is 1. The number of hydrogen-bond donors (Lipinski definition) is 1. The fourth-order valence-electron chi connectivity index (χ4n) is 1.51. The van der Waals surface area contributed by atoms with E-state index in [1.807, 2.05) is 6.20 Å². The smallest absolute Gasteiger partial charge is 0.247 e. The monoisotopic (exact) mass is 250 g/mol. The van der Waals surface area contributed by atoms with Gasteiger partial charge < -0.3 is 5.32 Å². The molecule has 17 heavy (non-hydrogen) atoms. The maximum Gasteiger partial charge on any atom is 0.247 e. The second kappa shape index (κ2) is 4.21. The Kier molecular flexibility index (Phi) is 2.56. The lowest BCUT2D eigenvalue weighted by Crippen LogP contribution is -2.19. The van der Waals surface area contributed by atoms with Gasteiger partial charge in [0.15, 0.2) is 5.82 Å². The van der Waals surface area contributed by atoms with Crippen molar-refractivity contribution in [2.45, 2.75) is 25.3 Å². The molecule has 8 heteroatoms. The first-order valence-electron chi connectivity index (χ1n) is 5.29. The van der Waals surface area contributed by atoms with E-state index in [1.54, 1.807) is 4.68 Å². The molecular formula is C9H10N6OS. The van der Waals surface area contributed by atoms with Crippen LogP contribution >= 0.6 is 11.7 Å². The summed E-state index contributed by atoms with van der Waals surface area (Å²) in [6, 6.07) is 0. The number of hydrogen-bond acceptors (Lipinski definition) is 6. The van der Waals surface area contributed by atoms with E-state index >= 15 is 0 Å². The third-order valence-corrected chi connectivity index (χ3v) is 2.96. The van der Waals surface area contributed by atoms with E-state index in [4.69, 9.17) is 0 Å². The number of carbonyl (C=O) groups excluding carboxylic acids is 1. The summed E-state index contributed by atoms with van der Waals surface area (Å²) in [5.74, 6) is 0.849. The molecular weight excluding hydrogens is 240 g/mol. The van der Waals surface area contributed by atoms with Gasteiger partial charge in [-0.15, -0.1) is 5.10 Å². The van der Waals surface area contributed by atoms with Crippen LogP contribution in [0.5, 0.6) is 0 Å². The van der Waals surface area contributed by atoms with Gasteiger partial charge in [-0.2, -0.15) is 8.75 Å². The van der Waals surface area contributed by atoms with Crippen molar-refractivity contribution in [1.82, 2.24) is 23.7 Å². The molecule has 1 amide bonds. The van der Waals surface area contributed by atoms with Crippen LogP contribution in [0, 0.1) is 0 Å². The molecule has 1 N–H and O–H groups in total. The van der Waals surface area contributed by atoms with Gasteiger partial charge in [0, 0.05) is 12.1 Å². The highest BCUT2D eigenvalue weighted by Gasteiger charge is 2.26. The van der Waals surface area contributed by atoms with Crippen LogP contribution < -0.4 is 5.32 Å². The van der Waals surface area contributed by atoms with Crippen molar-refractivity contribution in [2.24, 2.45) is 0 Å². The zero-order chi connectivity index (χ0) is 11.7. The Balaban J connectivity index is 1.59. The van der Waals surface area contributed by atoms with E-state index in [2.05, 4.69) is 24.4 Å². The van der Waals surface area contributed by atoms with Crippen molar-refractivity contribution in [3.8, 4) is 0 Å². The SMILES string of the molecule is O=C(Cn1cc(C2CC2)nn1)Nc1cnsn1. The second-order valence-electron chi connectivity index (χ2n) is 3.96. The summed E-state index contributed by atoms with van der Waals surface area (Å²) in [6.07, 6.45) is 5.70. The highest BCUT2D eigenvalue weighted by molar-refractivity contribution is 6.99. The average Bonchev–Trinajstić information content (AvgIpc) is 2.84. The van der Waals surface area contributed by atoms with Crippen molar-refractivity contribution in [3.63, 3.8) is 0 Å². The number of nitrogens with one attached hydrogen (secondary N) is 1. The largest absolute Gasteiger partial charge is 0.307 e. The van der Waals surface area contributed by atoms with Crippen LogP contribution in [-0.4, -0.2) is 29.6 Å². The third-order valence-electron chi connectivity index (χ3n) is 2.49. The molecule has 0 atom stereocenters. The molecule has 7 nitrogen and oxygen atoms in total. The lowest BCUT2D eigenvalue weighted by atomic mass is 10.3. The predicted molar refractivity (Wildman–Crippen MR) is 60.5 cm³/mol. The molecule has 0 radical (unpaired) electrons. The van der Waals surface area contributed by atoms with Crippen molar-refractivity contribution < 1.29 is 4.79 Å². The van der Waals surface area contributed by atoms with Crippen LogP contribution in [0.1, 0.15) is 24.5 Å². The Morgan fingerprint density at radius 1 is 1.59 bits per heavy atom. The maximum atomic E-state index is 11.6. The van der Waals surface area contributed by atoms with Gasteiger partial charge in [0.25, 0.3) is 0 Å². The van der Waals surface area contributed by atoms with Gasteiger partial charge in [-0.1, -0.05) is 5.21 Å². The predicted octanol–water partition coefficient (Wildman–Crippen LogP) is 0.646. The van der Waals surface area contributed by atoms with Crippen LogP contribution in [0.2, 0.25) is 0 Å². The van der Waals surface area contributed by atoms with Gasteiger partial charge in [0.2, 0.25) is 5.91 Å². The third kappa shape index (κ3) is 2.47. The lowest BCUT2D eigenvalue weighted by Gasteiger charge is -2.00. The number of nitrogens with zero attached hydrogens (tertiary/aromatic N) is 5. The summed E-state index contributed by atoms with van der Waals surface area (Å²) in [5, 5.41) is 10.6. The van der Waals surface area contributed by atoms with Crippen LogP contribution in [0.3, 0.4) is 0 Å². The van der Waals surface area contributed by atoms with Crippen molar-refractivity contribution in [2.75, 3.05) is 5.32 Å². The molecule has 1 aliphatic rings. The lowest BCUT2D eigenvalue weighted by molar-refractivity contribution is -0.116. The van der Waals surface area contributed by atoms with Gasteiger partial charge in [0.05, 0.1) is 23.6 Å². The minimum Gasteiger partial charge on any atom is -0.307 e. The molecule has 2 aromatic rings. The van der Waals surface area contributed by atoms with Crippen molar-refractivity contribution in [1.29, 1.82) is 0 Å². The Morgan fingerprint density at radius 3 is 3.18 bits per heavy atom. The molecule has 0 aliphatic heterocycles. The summed E-state index contributed by atoms with van der Waals surface area (Å²) in [7, 11) is 0. The molecule has 2 heterocycles. The summed E-state index contributed by atoms with van der Waals surface area (Å²) in [4.78, 5) is 11.6. The Labute approximate surface area is 101 Å². The molecule has 1 fully saturated rings. The zero-order valence-electron chi connectivity index (χ0n) is 8.91. The minimum absolute atomic E-state index is 0.150. The highest BCUT2D eigenvalue weighted by atomic mass is 32.1. The van der Waals surface area contributed by atoms with Gasteiger partial charge in [0.1, 0.15) is 6.54 Å². The second-order valence-corrected chi connectivity index (χ2v) is 4.51. The van der Waals surface area contributed by atoms with Crippen LogP contribution in [-0.2, 0) is 11.3 Å². The normalized spacial score (nSPS) is 14.8. The summed E-state index contributed by atoms with van der Waals surface area (Å²) in [6.45, 7) is 0.150. The van der Waals surface area contributed by atoms with Gasteiger partial charge >= 0.3 is 0 Å². The zero-order valence-corrected chi connectivity index (χ0v) is 9.72. The van der Waals surface area contributed by atoms with E-state index in [-0.39, 0.29) is 12.5 Å². The molecule has 0 spiro atoms. The number of amides is 1. The van der Waals surface area contributed by atoms with Crippen LogP contribution in [0.4, 0.5) is 5.82 Å². The van der Waals surface area contributed by atoms with Gasteiger partial charge in [-0.25, -0.2) is 4.68 Å². The fourth-order valence-corrected chi connectivity index (χ4v) is 1.88. The number of aromatic nitrogens is 5. The summed E-state index contributed by atoms with van der Waals surface area (Å²) in [5.41, 5.74) is 0.980. The molecule has 2 aromatic heterocycles. The Bertz CT molecular complexity index is 517. The molecule has 1 saturated carbocycles. The standard InChI is InChI=1S/C9H10N6OS/c16-9(11-8-3-10-17-13-8)5-15-4-7(12-14-15)6-1-2-6/h3-4,6H,1-2,5H2,(H,11,13,16).